The quantitative estimate of drug-likeness (QED) is 0.726. The van der Waals surface area contributed by atoms with Crippen LogP contribution < -0.4 is 10.6 Å². The first-order valence-corrected chi connectivity index (χ1v) is 8.14. The molecule has 0 aliphatic rings. The van der Waals surface area contributed by atoms with E-state index in [4.69, 9.17) is 0 Å². The molecule has 0 fully saturated rings. The average Bonchev–Trinajstić information content (AvgIpc) is 2.67. The van der Waals surface area contributed by atoms with Gasteiger partial charge in [-0.1, -0.05) is 60.2 Å². The van der Waals surface area contributed by atoms with E-state index < -0.39 is 0 Å². The molecule has 5 nitrogen and oxygen atoms in total. The number of carbonyl (C=O) groups excluding carboxylic acids is 1. The zero-order valence-electron chi connectivity index (χ0n) is 14.1. The molecular weight excluding hydrogens is 312 g/mol. The van der Waals surface area contributed by atoms with E-state index in [1.807, 2.05) is 61.5 Å². The molecule has 1 amide bonds. The van der Waals surface area contributed by atoms with Gasteiger partial charge in [0, 0.05) is 25.5 Å². The number of benzene rings is 2. The van der Waals surface area contributed by atoms with Gasteiger partial charge in [-0.3, -0.25) is 4.79 Å². The van der Waals surface area contributed by atoms with Crippen LogP contribution in [-0.4, -0.2) is 15.9 Å². The molecule has 126 valence electrons. The van der Waals surface area contributed by atoms with Crippen molar-refractivity contribution in [2.75, 3.05) is 5.32 Å². The van der Waals surface area contributed by atoms with Crippen molar-refractivity contribution in [2.45, 2.75) is 20.0 Å². The predicted octanol–water partition coefficient (Wildman–Crippen LogP) is 3.33. The van der Waals surface area contributed by atoms with E-state index in [1.165, 1.54) is 18.0 Å². The molecule has 0 unspecified atom stereocenters. The van der Waals surface area contributed by atoms with Gasteiger partial charge >= 0.3 is 0 Å². The van der Waals surface area contributed by atoms with E-state index in [-0.39, 0.29) is 5.91 Å². The number of amides is 1. The topological polar surface area (TPSA) is 66.9 Å². The number of aryl methyl sites for hydroxylation is 1. The van der Waals surface area contributed by atoms with Crippen molar-refractivity contribution < 1.29 is 4.79 Å². The first kappa shape index (κ1) is 16.6. The molecule has 5 heteroatoms. The van der Waals surface area contributed by atoms with Crippen LogP contribution in [0.1, 0.15) is 27.0 Å². The van der Waals surface area contributed by atoms with Crippen molar-refractivity contribution in [2.24, 2.45) is 0 Å². The van der Waals surface area contributed by atoms with Crippen molar-refractivity contribution in [1.82, 2.24) is 15.3 Å². The Hall–Kier alpha value is -3.21. The summed E-state index contributed by atoms with van der Waals surface area (Å²) in [5, 5.41) is 6.01. The highest BCUT2D eigenvalue weighted by atomic mass is 16.1. The second-order valence-electron chi connectivity index (χ2n) is 5.80. The van der Waals surface area contributed by atoms with Crippen LogP contribution in [0.2, 0.25) is 0 Å². The lowest BCUT2D eigenvalue weighted by molar-refractivity contribution is 0.0950. The standard InChI is InChI=1S/C20H20N4O/c1-15-7-9-17(10-8-15)11-21-19(25)18-13-23-20(24-14-18)22-12-16-5-3-2-4-6-16/h2-10,13-14H,11-12H2,1H3,(H,21,25)(H,22,23,24). The molecule has 0 spiro atoms. The molecular formula is C20H20N4O. The molecule has 25 heavy (non-hydrogen) atoms. The maximum atomic E-state index is 12.2. The predicted molar refractivity (Wildman–Crippen MR) is 98.1 cm³/mol. The maximum Gasteiger partial charge on any atom is 0.254 e. The largest absolute Gasteiger partial charge is 0.350 e. The van der Waals surface area contributed by atoms with E-state index in [2.05, 4.69) is 20.6 Å². The molecule has 0 saturated heterocycles. The first-order valence-electron chi connectivity index (χ1n) is 8.14. The van der Waals surface area contributed by atoms with Crippen molar-refractivity contribution >= 4 is 11.9 Å². The van der Waals surface area contributed by atoms with Gasteiger partial charge in [0.25, 0.3) is 5.91 Å². The first-order chi connectivity index (χ1) is 12.2. The van der Waals surface area contributed by atoms with E-state index in [1.54, 1.807) is 0 Å². The summed E-state index contributed by atoms with van der Waals surface area (Å²) in [6, 6.07) is 18.1. The van der Waals surface area contributed by atoms with Crippen molar-refractivity contribution in [3.8, 4) is 0 Å². The maximum absolute atomic E-state index is 12.2. The highest BCUT2D eigenvalue weighted by molar-refractivity contribution is 5.93. The molecule has 0 radical (unpaired) electrons. The van der Waals surface area contributed by atoms with Crippen molar-refractivity contribution in [3.63, 3.8) is 0 Å². The summed E-state index contributed by atoms with van der Waals surface area (Å²) in [6.45, 7) is 3.15. The van der Waals surface area contributed by atoms with Gasteiger partial charge in [-0.25, -0.2) is 9.97 Å². The van der Waals surface area contributed by atoms with Crippen LogP contribution in [0.3, 0.4) is 0 Å². The lowest BCUT2D eigenvalue weighted by atomic mass is 10.1. The van der Waals surface area contributed by atoms with Crippen LogP contribution in [0, 0.1) is 6.92 Å². The molecule has 1 aromatic heterocycles. The van der Waals surface area contributed by atoms with E-state index in [9.17, 15) is 4.79 Å². The highest BCUT2D eigenvalue weighted by Gasteiger charge is 2.07. The van der Waals surface area contributed by atoms with Crippen LogP contribution in [0.4, 0.5) is 5.95 Å². The number of rotatable bonds is 6. The van der Waals surface area contributed by atoms with Crippen LogP contribution in [0.5, 0.6) is 0 Å². The van der Waals surface area contributed by atoms with E-state index in [0.717, 1.165) is 11.1 Å². The highest BCUT2D eigenvalue weighted by Crippen LogP contribution is 2.06. The third-order valence-corrected chi connectivity index (χ3v) is 3.78. The molecule has 0 aliphatic heterocycles. The van der Waals surface area contributed by atoms with Gasteiger partial charge in [-0.15, -0.1) is 0 Å². The van der Waals surface area contributed by atoms with Gasteiger partial charge in [0.05, 0.1) is 5.56 Å². The van der Waals surface area contributed by atoms with E-state index >= 15 is 0 Å². The Labute approximate surface area is 147 Å². The number of hydrogen-bond donors (Lipinski definition) is 2. The summed E-state index contributed by atoms with van der Waals surface area (Å²) >= 11 is 0. The van der Waals surface area contributed by atoms with Crippen LogP contribution >= 0.6 is 0 Å². The summed E-state index contributed by atoms with van der Waals surface area (Å²) in [6.07, 6.45) is 3.07. The molecule has 0 bridgehead atoms. The molecule has 0 atom stereocenters. The number of hydrogen-bond acceptors (Lipinski definition) is 4. The lowest BCUT2D eigenvalue weighted by Gasteiger charge is -2.07. The molecule has 0 aliphatic carbocycles. The summed E-state index contributed by atoms with van der Waals surface area (Å²) in [4.78, 5) is 20.6. The summed E-state index contributed by atoms with van der Waals surface area (Å²) in [5.41, 5.74) is 3.84. The Morgan fingerprint density at radius 1 is 0.880 bits per heavy atom. The zero-order valence-corrected chi connectivity index (χ0v) is 14.1. The monoisotopic (exact) mass is 332 g/mol. The fourth-order valence-corrected chi connectivity index (χ4v) is 2.30. The van der Waals surface area contributed by atoms with Gasteiger partial charge in [-0.05, 0) is 18.1 Å². The minimum atomic E-state index is -0.185. The SMILES string of the molecule is Cc1ccc(CNC(=O)c2cnc(NCc3ccccc3)nc2)cc1. The van der Waals surface area contributed by atoms with Gasteiger partial charge in [0.15, 0.2) is 0 Å². The summed E-state index contributed by atoms with van der Waals surface area (Å²) in [7, 11) is 0. The number of aromatic nitrogens is 2. The minimum absolute atomic E-state index is 0.185. The second kappa shape index (κ2) is 8.06. The van der Waals surface area contributed by atoms with Gasteiger partial charge in [0.1, 0.15) is 0 Å². The van der Waals surface area contributed by atoms with Crippen LogP contribution in [-0.2, 0) is 13.1 Å². The zero-order chi connectivity index (χ0) is 17.5. The van der Waals surface area contributed by atoms with Gasteiger partial charge in [-0.2, -0.15) is 0 Å². The number of nitrogens with one attached hydrogen (secondary N) is 2. The Morgan fingerprint density at radius 2 is 1.52 bits per heavy atom. The minimum Gasteiger partial charge on any atom is -0.350 e. The molecule has 3 rings (SSSR count). The number of nitrogens with zero attached hydrogens (tertiary/aromatic N) is 2. The molecule has 2 aromatic carbocycles. The lowest BCUT2D eigenvalue weighted by Crippen LogP contribution is -2.23. The van der Waals surface area contributed by atoms with E-state index in [0.29, 0.717) is 24.6 Å². The van der Waals surface area contributed by atoms with Crippen LogP contribution in [0.25, 0.3) is 0 Å². The van der Waals surface area contributed by atoms with Crippen molar-refractivity contribution in [1.29, 1.82) is 0 Å². The normalized spacial score (nSPS) is 10.3. The Morgan fingerprint density at radius 3 is 2.20 bits per heavy atom. The molecule has 1 heterocycles. The third-order valence-electron chi connectivity index (χ3n) is 3.78. The van der Waals surface area contributed by atoms with Gasteiger partial charge < -0.3 is 10.6 Å². The third kappa shape index (κ3) is 4.88. The number of anilines is 1. The van der Waals surface area contributed by atoms with Crippen LogP contribution in [0.15, 0.2) is 67.0 Å². The summed E-state index contributed by atoms with van der Waals surface area (Å²) < 4.78 is 0. The fraction of sp³-hybridized carbons (Fsp3) is 0.150. The molecule has 3 aromatic rings. The Kier molecular flexibility index (Phi) is 5.36. The second-order valence-corrected chi connectivity index (χ2v) is 5.80. The Balaban J connectivity index is 1.52. The average molecular weight is 332 g/mol. The molecule has 0 saturated carbocycles. The summed E-state index contributed by atoms with van der Waals surface area (Å²) in [5.74, 6) is 0.314. The Bertz CT molecular complexity index is 815. The number of carbonyl (C=O) groups is 1. The van der Waals surface area contributed by atoms with Gasteiger partial charge in [0.2, 0.25) is 5.95 Å². The van der Waals surface area contributed by atoms with Crippen molar-refractivity contribution in [3.05, 3.63) is 89.2 Å². The smallest absolute Gasteiger partial charge is 0.254 e. The fourth-order valence-electron chi connectivity index (χ4n) is 2.30. The molecule has 2 N–H and O–H groups in total.